The van der Waals surface area contributed by atoms with Gasteiger partial charge in [0.15, 0.2) is 5.83 Å². The monoisotopic (exact) mass is 288 g/mol. The summed E-state index contributed by atoms with van der Waals surface area (Å²) in [6.45, 7) is 2.25. The maximum atomic E-state index is 13.2. The number of hydrogen-bond donors (Lipinski definition) is 0. The van der Waals surface area contributed by atoms with Gasteiger partial charge in [-0.3, -0.25) is 0 Å². The van der Waals surface area contributed by atoms with Crippen LogP contribution in [0.25, 0.3) is 0 Å². The third-order valence-corrected chi connectivity index (χ3v) is 5.57. The molecule has 0 amide bonds. The molecule has 116 valence electrons. The van der Waals surface area contributed by atoms with Crippen molar-refractivity contribution in [1.82, 2.24) is 0 Å². The standard InChI is InChI=1S/C17H27F3/c1-2-3-12-4-6-13(7-5-12)14-8-10-15(11-9-14)16(18)17(19)20/h12-15H,2-11H2,1H3/t12-,13-,14-,15-. The van der Waals surface area contributed by atoms with Crippen LogP contribution in [0.5, 0.6) is 0 Å². The Morgan fingerprint density at radius 1 is 0.800 bits per heavy atom. The van der Waals surface area contributed by atoms with Crippen molar-refractivity contribution in [1.29, 1.82) is 0 Å². The van der Waals surface area contributed by atoms with Crippen molar-refractivity contribution in [2.75, 3.05) is 0 Å². The predicted molar refractivity (Wildman–Crippen MR) is 76.2 cm³/mol. The molecule has 20 heavy (non-hydrogen) atoms. The summed E-state index contributed by atoms with van der Waals surface area (Å²) >= 11 is 0. The lowest BCUT2D eigenvalue weighted by Gasteiger charge is -2.37. The molecule has 2 fully saturated rings. The Labute approximate surface area is 120 Å². The van der Waals surface area contributed by atoms with E-state index < -0.39 is 17.8 Å². The second kappa shape index (κ2) is 7.51. The van der Waals surface area contributed by atoms with Crippen molar-refractivity contribution in [3.05, 3.63) is 11.9 Å². The van der Waals surface area contributed by atoms with Crippen molar-refractivity contribution in [2.24, 2.45) is 23.7 Å². The fourth-order valence-electron chi connectivity index (χ4n) is 4.35. The average Bonchev–Trinajstić information content (AvgIpc) is 2.48. The molecular weight excluding hydrogens is 261 g/mol. The van der Waals surface area contributed by atoms with Gasteiger partial charge in [-0.2, -0.15) is 8.78 Å². The first-order chi connectivity index (χ1) is 9.61. The lowest BCUT2D eigenvalue weighted by atomic mass is 9.68. The van der Waals surface area contributed by atoms with Crippen molar-refractivity contribution in [2.45, 2.75) is 71.1 Å². The fraction of sp³-hybridized carbons (Fsp3) is 0.882. The lowest BCUT2D eigenvalue weighted by molar-refractivity contribution is 0.142. The van der Waals surface area contributed by atoms with Crippen LogP contribution in [0.15, 0.2) is 11.9 Å². The molecule has 0 saturated heterocycles. The van der Waals surface area contributed by atoms with Gasteiger partial charge in [-0.15, -0.1) is 0 Å². The van der Waals surface area contributed by atoms with E-state index in [1.54, 1.807) is 0 Å². The lowest BCUT2D eigenvalue weighted by Crippen LogP contribution is -2.26. The van der Waals surface area contributed by atoms with Crippen LogP contribution in [0.4, 0.5) is 13.2 Å². The van der Waals surface area contributed by atoms with Gasteiger partial charge in [0.05, 0.1) is 0 Å². The van der Waals surface area contributed by atoms with Gasteiger partial charge in [0.2, 0.25) is 0 Å². The molecule has 2 aliphatic rings. The van der Waals surface area contributed by atoms with Crippen LogP contribution in [0, 0.1) is 23.7 Å². The van der Waals surface area contributed by atoms with E-state index in [-0.39, 0.29) is 0 Å². The van der Waals surface area contributed by atoms with Crippen LogP contribution in [-0.4, -0.2) is 0 Å². The third kappa shape index (κ3) is 4.02. The Bertz CT molecular complexity index is 317. The number of rotatable bonds is 4. The van der Waals surface area contributed by atoms with Crippen LogP contribution < -0.4 is 0 Å². The van der Waals surface area contributed by atoms with Gasteiger partial charge >= 0.3 is 6.08 Å². The highest BCUT2D eigenvalue weighted by atomic mass is 19.3. The Hall–Kier alpha value is -0.470. The van der Waals surface area contributed by atoms with E-state index in [2.05, 4.69) is 6.92 Å². The Kier molecular flexibility index (Phi) is 5.98. The topological polar surface area (TPSA) is 0 Å². The van der Waals surface area contributed by atoms with Gasteiger partial charge < -0.3 is 0 Å². The van der Waals surface area contributed by atoms with Gasteiger partial charge in [0, 0.05) is 5.92 Å². The molecule has 0 atom stereocenters. The zero-order valence-electron chi connectivity index (χ0n) is 12.5. The normalized spacial score (nSPS) is 34.8. The van der Waals surface area contributed by atoms with E-state index in [0.717, 1.165) is 24.7 Å². The van der Waals surface area contributed by atoms with E-state index in [1.165, 1.54) is 38.5 Å². The first-order valence-corrected chi connectivity index (χ1v) is 8.32. The largest absolute Gasteiger partial charge is 0.301 e. The van der Waals surface area contributed by atoms with Crippen molar-refractivity contribution < 1.29 is 13.2 Å². The second-order valence-electron chi connectivity index (χ2n) is 6.79. The number of hydrogen-bond acceptors (Lipinski definition) is 0. The Balaban J connectivity index is 1.76. The molecule has 0 aromatic heterocycles. The summed E-state index contributed by atoms with van der Waals surface area (Å²) in [4.78, 5) is 0. The third-order valence-electron chi connectivity index (χ3n) is 5.57. The molecule has 0 nitrogen and oxygen atoms in total. The van der Waals surface area contributed by atoms with Gasteiger partial charge in [0.25, 0.3) is 0 Å². The van der Waals surface area contributed by atoms with Crippen LogP contribution in [0.3, 0.4) is 0 Å². The van der Waals surface area contributed by atoms with Crippen LogP contribution in [-0.2, 0) is 0 Å². The summed E-state index contributed by atoms with van der Waals surface area (Å²) in [5.41, 5.74) is 0. The molecular formula is C17H27F3. The molecule has 0 radical (unpaired) electrons. The summed E-state index contributed by atoms with van der Waals surface area (Å²) < 4.78 is 37.8. The smallest absolute Gasteiger partial charge is 0.206 e. The van der Waals surface area contributed by atoms with E-state index in [0.29, 0.717) is 18.8 Å². The quantitative estimate of drug-likeness (QED) is 0.555. The number of halogens is 3. The van der Waals surface area contributed by atoms with E-state index >= 15 is 0 Å². The molecule has 2 rings (SSSR count). The molecule has 0 bridgehead atoms. The fourth-order valence-corrected chi connectivity index (χ4v) is 4.35. The molecule has 0 aromatic rings. The summed E-state index contributed by atoms with van der Waals surface area (Å²) in [5, 5.41) is 0. The van der Waals surface area contributed by atoms with Gasteiger partial charge in [-0.25, -0.2) is 4.39 Å². The van der Waals surface area contributed by atoms with Gasteiger partial charge in [-0.1, -0.05) is 32.6 Å². The van der Waals surface area contributed by atoms with Crippen LogP contribution in [0.1, 0.15) is 71.1 Å². The van der Waals surface area contributed by atoms with Crippen molar-refractivity contribution in [3.63, 3.8) is 0 Å². The first kappa shape index (κ1) is 15.9. The molecule has 0 spiro atoms. The maximum absolute atomic E-state index is 13.2. The summed E-state index contributed by atoms with van der Waals surface area (Å²) in [6, 6.07) is 0. The molecule has 2 saturated carbocycles. The molecule has 0 unspecified atom stereocenters. The highest BCUT2D eigenvalue weighted by molar-refractivity contribution is 5.00. The Morgan fingerprint density at radius 2 is 1.30 bits per heavy atom. The maximum Gasteiger partial charge on any atom is 0.301 e. The highest BCUT2D eigenvalue weighted by Gasteiger charge is 2.32. The zero-order valence-corrected chi connectivity index (χ0v) is 12.5. The summed E-state index contributed by atoms with van der Waals surface area (Å²) in [6.07, 6.45) is 8.91. The van der Waals surface area contributed by atoms with Crippen molar-refractivity contribution >= 4 is 0 Å². The predicted octanol–water partition coefficient (Wildman–Crippen LogP) is 6.48. The minimum absolute atomic E-state index is 0.507. The molecule has 0 aliphatic heterocycles. The second-order valence-corrected chi connectivity index (χ2v) is 6.79. The average molecular weight is 288 g/mol. The van der Waals surface area contributed by atoms with E-state index in [4.69, 9.17) is 0 Å². The van der Waals surface area contributed by atoms with Gasteiger partial charge in [-0.05, 0) is 56.3 Å². The molecule has 2 aliphatic carbocycles. The highest BCUT2D eigenvalue weighted by Crippen LogP contribution is 2.44. The summed E-state index contributed by atoms with van der Waals surface area (Å²) in [5.74, 6) is 0.687. The Morgan fingerprint density at radius 3 is 1.75 bits per heavy atom. The SMILES string of the molecule is CCC[C@H]1CC[C@H]([C@H]2CC[C@H](C(F)=C(F)F)CC2)CC1. The van der Waals surface area contributed by atoms with Crippen LogP contribution >= 0.6 is 0 Å². The molecule has 3 heteroatoms. The van der Waals surface area contributed by atoms with Crippen molar-refractivity contribution in [3.8, 4) is 0 Å². The minimum atomic E-state index is -2.10. The zero-order chi connectivity index (χ0) is 14.5. The minimum Gasteiger partial charge on any atom is -0.206 e. The number of allylic oxidation sites excluding steroid dienone is 1. The molecule has 0 N–H and O–H groups in total. The van der Waals surface area contributed by atoms with Gasteiger partial charge in [0.1, 0.15) is 0 Å². The van der Waals surface area contributed by atoms with Crippen LogP contribution in [0.2, 0.25) is 0 Å². The molecule has 0 heterocycles. The molecule has 0 aromatic carbocycles. The van der Waals surface area contributed by atoms with E-state index in [9.17, 15) is 13.2 Å². The first-order valence-electron chi connectivity index (χ1n) is 8.32. The van der Waals surface area contributed by atoms with E-state index in [1.807, 2.05) is 0 Å². The summed E-state index contributed by atoms with van der Waals surface area (Å²) in [7, 11) is 0.